The molecule has 1 amide bonds. The number of amides is 1. The van der Waals surface area contributed by atoms with Crippen LogP contribution in [0.15, 0.2) is 0 Å². The van der Waals surface area contributed by atoms with E-state index in [0.717, 1.165) is 18.4 Å². The molecule has 0 radical (unpaired) electrons. The number of rotatable bonds is 3. The average molecular weight is 235 g/mol. The van der Waals surface area contributed by atoms with Crippen LogP contribution in [0.4, 0.5) is 0 Å². The lowest BCUT2D eigenvalue weighted by Crippen LogP contribution is -2.45. The van der Waals surface area contributed by atoms with Gasteiger partial charge in [-0.05, 0) is 12.8 Å². The molecule has 0 bridgehead atoms. The van der Waals surface area contributed by atoms with Gasteiger partial charge in [0.1, 0.15) is 0 Å². The lowest BCUT2D eigenvalue weighted by molar-refractivity contribution is -0.125. The number of alkyl halides is 1. The Kier molecular flexibility index (Phi) is 4.61. The molecule has 0 atom stereocenters. The molecule has 0 spiro atoms. The standard InChI is InChI=1S/C8H15BrN2O/c9-5-4-8(12)10-11-6-2-1-3-7-11/h1-7H2,(H,10,12). The Balaban J connectivity index is 2.15. The van der Waals surface area contributed by atoms with E-state index in [2.05, 4.69) is 21.4 Å². The van der Waals surface area contributed by atoms with Crippen molar-refractivity contribution in [1.29, 1.82) is 0 Å². The highest BCUT2D eigenvalue weighted by molar-refractivity contribution is 9.09. The van der Waals surface area contributed by atoms with E-state index in [1.54, 1.807) is 0 Å². The van der Waals surface area contributed by atoms with Crippen molar-refractivity contribution in [3.63, 3.8) is 0 Å². The summed E-state index contributed by atoms with van der Waals surface area (Å²) in [4.78, 5) is 11.1. The van der Waals surface area contributed by atoms with Gasteiger partial charge in [0.25, 0.3) is 0 Å². The molecule has 1 saturated heterocycles. The monoisotopic (exact) mass is 234 g/mol. The van der Waals surface area contributed by atoms with Crippen molar-refractivity contribution >= 4 is 21.8 Å². The molecule has 0 aromatic rings. The number of carbonyl (C=O) groups excluding carboxylic acids is 1. The van der Waals surface area contributed by atoms with Gasteiger partial charge in [-0.3, -0.25) is 10.2 Å². The van der Waals surface area contributed by atoms with Crippen molar-refractivity contribution in [3.8, 4) is 0 Å². The molecule has 4 heteroatoms. The largest absolute Gasteiger partial charge is 0.289 e. The van der Waals surface area contributed by atoms with Crippen LogP contribution in [-0.2, 0) is 4.79 Å². The van der Waals surface area contributed by atoms with Crippen LogP contribution in [-0.4, -0.2) is 29.3 Å². The van der Waals surface area contributed by atoms with Crippen LogP contribution in [0.3, 0.4) is 0 Å². The van der Waals surface area contributed by atoms with Gasteiger partial charge >= 0.3 is 0 Å². The van der Waals surface area contributed by atoms with Crippen molar-refractivity contribution < 1.29 is 4.79 Å². The van der Waals surface area contributed by atoms with Crippen molar-refractivity contribution in [2.45, 2.75) is 25.7 Å². The molecule has 0 saturated carbocycles. The van der Waals surface area contributed by atoms with E-state index in [1.807, 2.05) is 5.01 Å². The van der Waals surface area contributed by atoms with E-state index in [1.165, 1.54) is 19.3 Å². The van der Waals surface area contributed by atoms with E-state index in [-0.39, 0.29) is 5.91 Å². The third kappa shape index (κ3) is 3.54. The zero-order valence-corrected chi connectivity index (χ0v) is 8.77. The predicted octanol–water partition coefficient (Wildman–Crippen LogP) is 1.29. The Labute approximate surface area is 81.6 Å². The van der Waals surface area contributed by atoms with Gasteiger partial charge in [0.2, 0.25) is 5.91 Å². The van der Waals surface area contributed by atoms with Gasteiger partial charge in [-0.2, -0.15) is 0 Å². The summed E-state index contributed by atoms with van der Waals surface area (Å²) < 4.78 is 0. The number of hydrogen-bond acceptors (Lipinski definition) is 2. The first-order valence-electron chi connectivity index (χ1n) is 4.43. The molecular formula is C8H15BrN2O. The van der Waals surface area contributed by atoms with Crippen LogP contribution < -0.4 is 5.43 Å². The van der Waals surface area contributed by atoms with Crippen LogP contribution in [0, 0.1) is 0 Å². The number of hydrogen-bond donors (Lipinski definition) is 1. The Morgan fingerprint density at radius 1 is 1.33 bits per heavy atom. The summed E-state index contributed by atoms with van der Waals surface area (Å²) in [6, 6.07) is 0. The Morgan fingerprint density at radius 2 is 2.00 bits per heavy atom. The van der Waals surface area contributed by atoms with Gasteiger partial charge < -0.3 is 0 Å². The lowest BCUT2D eigenvalue weighted by Gasteiger charge is -2.26. The quantitative estimate of drug-likeness (QED) is 0.747. The molecule has 1 N–H and O–H groups in total. The topological polar surface area (TPSA) is 32.3 Å². The summed E-state index contributed by atoms with van der Waals surface area (Å²) in [6.45, 7) is 2.02. The van der Waals surface area contributed by atoms with Crippen molar-refractivity contribution in [2.24, 2.45) is 0 Å². The molecular weight excluding hydrogens is 220 g/mol. The number of nitrogens with zero attached hydrogens (tertiary/aromatic N) is 1. The summed E-state index contributed by atoms with van der Waals surface area (Å²) >= 11 is 3.24. The van der Waals surface area contributed by atoms with Gasteiger partial charge in [-0.25, -0.2) is 5.01 Å². The van der Waals surface area contributed by atoms with Crippen molar-refractivity contribution in [1.82, 2.24) is 10.4 Å². The van der Waals surface area contributed by atoms with Crippen LogP contribution in [0.1, 0.15) is 25.7 Å². The zero-order valence-electron chi connectivity index (χ0n) is 7.18. The minimum Gasteiger partial charge on any atom is -0.289 e. The number of piperidine rings is 1. The summed E-state index contributed by atoms with van der Waals surface area (Å²) in [5.74, 6) is 0.119. The maximum absolute atomic E-state index is 11.1. The smallest absolute Gasteiger partial charge is 0.235 e. The van der Waals surface area contributed by atoms with Gasteiger partial charge in [0.05, 0.1) is 0 Å². The molecule has 0 aromatic carbocycles. The Bertz CT molecular complexity index is 146. The second-order valence-electron chi connectivity index (χ2n) is 3.02. The van der Waals surface area contributed by atoms with Crippen LogP contribution in [0.25, 0.3) is 0 Å². The highest BCUT2D eigenvalue weighted by Crippen LogP contribution is 2.05. The minimum absolute atomic E-state index is 0.119. The second-order valence-corrected chi connectivity index (χ2v) is 3.81. The summed E-state index contributed by atoms with van der Waals surface area (Å²) in [6.07, 6.45) is 4.27. The number of carbonyl (C=O) groups is 1. The molecule has 1 rings (SSSR count). The van der Waals surface area contributed by atoms with Crippen LogP contribution in [0.5, 0.6) is 0 Å². The molecule has 0 aromatic heterocycles. The molecule has 3 nitrogen and oxygen atoms in total. The third-order valence-corrected chi connectivity index (χ3v) is 2.36. The summed E-state index contributed by atoms with van der Waals surface area (Å²) in [7, 11) is 0. The predicted molar refractivity (Wildman–Crippen MR) is 52.0 cm³/mol. The average Bonchev–Trinajstić information content (AvgIpc) is 2.06. The summed E-state index contributed by atoms with van der Waals surface area (Å²) in [5, 5.41) is 2.77. The van der Waals surface area contributed by atoms with Gasteiger partial charge in [-0.1, -0.05) is 22.4 Å². The molecule has 1 aliphatic heterocycles. The fourth-order valence-corrected chi connectivity index (χ4v) is 1.68. The first-order chi connectivity index (χ1) is 5.83. The summed E-state index contributed by atoms with van der Waals surface area (Å²) in [5.41, 5.74) is 2.88. The molecule has 70 valence electrons. The van der Waals surface area contributed by atoms with E-state index in [4.69, 9.17) is 0 Å². The maximum Gasteiger partial charge on any atom is 0.235 e. The Morgan fingerprint density at radius 3 is 2.58 bits per heavy atom. The van der Waals surface area contributed by atoms with E-state index < -0.39 is 0 Å². The van der Waals surface area contributed by atoms with Gasteiger partial charge in [0.15, 0.2) is 0 Å². The fourth-order valence-electron chi connectivity index (χ4n) is 1.32. The number of halogens is 1. The first-order valence-corrected chi connectivity index (χ1v) is 5.55. The Hall–Kier alpha value is -0.0900. The number of nitrogens with one attached hydrogen (secondary N) is 1. The SMILES string of the molecule is O=C(CCBr)NN1CCCCC1. The number of hydrazine groups is 1. The van der Waals surface area contributed by atoms with E-state index in [0.29, 0.717) is 6.42 Å². The second kappa shape index (κ2) is 5.54. The van der Waals surface area contributed by atoms with Gasteiger partial charge in [-0.15, -0.1) is 0 Å². The maximum atomic E-state index is 11.1. The first kappa shape index (κ1) is 9.99. The lowest BCUT2D eigenvalue weighted by atomic mass is 10.2. The third-order valence-electron chi connectivity index (χ3n) is 1.96. The van der Waals surface area contributed by atoms with Crippen LogP contribution in [0.2, 0.25) is 0 Å². The fraction of sp³-hybridized carbons (Fsp3) is 0.875. The zero-order chi connectivity index (χ0) is 8.81. The van der Waals surface area contributed by atoms with Crippen molar-refractivity contribution in [3.05, 3.63) is 0 Å². The highest BCUT2D eigenvalue weighted by atomic mass is 79.9. The molecule has 12 heavy (non-hydrogen) atoms. The van der Waals surface area contributed by atoms with E-state index >= 15 is 0 Å². The molecule has 1 fully saturated rings. The molecule has 0 unspecified atom stereocenters. The van der Waals surface area contributed by atoms with Crippen molar-refractivity contribution in [2.75, 3.05) is 18.4 Å². The molecule has 1 heterocycles. The molecule has 0 aliphatic carbocycles. The molecule has 1 aliphatic rings. The van der Waals surface area contributed by atoms with E-state index in [9.17, 15) is 4.79 Å². The van der Waals surface area contributed by atoms with Crippen LogP contribution >= 0.6 is 15.9 Å². The minimum atomic E-state index is 0.119. The normalized spacial score (nSPS) is 19.1. The highest BCUT2D eigenvalue weighted by Gasteiger charge is 2.11. The van der Waals surface area contributed by atoms with Gasteiger partial charge in [0, 0.05) is 24.8 Å².